The molecule has 0 amide bonds. The molecule has 1 aromatic heterocycles. The average molecular weight is 233 g/mol. The molecule has 0 aliphatic carbocycles. The minimum atomic E-state index is 0.746. The lowest BCUT2D eigenvalue weighted by Crippen LogP contribution is -2.00. The molecule has 0 aliphatic rings. The summed E-state index contributed by atoms with van der Waals surface area (Å²) in [5, 5.41) is 13.5. The number of benzene rings is 1. The molecule has 0 saturated carbocycles. The van der Waals surface area contributed by atoms with Gasteiger partial charge in [0.1, 0.15) is 10.0 Å². The summed E-state index contributed by atoms with van der Waals surface area (Å²) in [5.41, 5.74) is 3.70. The molecule has 0 saturated heterocycles. The third kappa shape index (κ3) is 2.58. The zero-order valence-electron chi connectivity index (χ0n) is 9.74. The Bertz CT molecular complexity index is 491. The van der Waals surface area contributed by atoms with Gasteiger partial charge in [-0.05, 0) is 38.0 Å². The van der Waals surface area contributed by atoms with Crippen LogP contribution in [0.15, 0.2) is 18.2 Å². The standard InChI is InChI=1S/C12H15N3S/c1-8-4-5-9(2)11(6-8)13-7-12-15-14-10(3)16-12/h4-6,13H,7H2,1-3H3. The number of nitrogens with one attached hydrogen (secondary N) is 1. The van der Waals surface area contributed by atoms with Crippen LogP contribution in [0.5, 0.6) is 0 Å². The summed E-state index contributed by atoms with van der Waals surface area (Å²) in [7, 11) is 0. The monoisotopic (exact) mass is 233 g/mol. The van der Waals surface area contributed by atoms with Crippen LogP contribution < -0.4 is 5.32 Å². The summed E-state index contributed by atoms with van der Waals surface area (Å²) in [4.78, 5) is 0. The van der Waals surface area contributed by atoms with Crippen LogP contribution >= 0.6 is 11.3 Å². The Labute approximate surface area is 99.5 Å². The molecule has 0 unspecified atom stereocenters. The van der Waals surface area contributed by atoms with E-state index in [-0.39, 0.29) is 0 Å². The molecule has 0 fully saturated rings. The second-order valence-electron chi connectivity index (χ2n) is 3.89. The summed E-state index contributed by atoms with van der Waals surface area (Å²) in [6, 6.07) is 6.40. The highest BCUT2D eigenvalue weighted by atomic mass is 32.1. The molecule has 2 rings (SSSR count). The van der Waals surface area contributed by atoms with Gasteiger partial charge < -0.3 is 5.32 Å². The topological polar surface area (TPSA) is 37.8 Å². The van der Waals surface area contributed by atoms with E-state index < -0.39 is 0 Å². The van der Waals surface area contributed by atoms with Crippen LogP contribution in [-0.2, 0) is 6.54 Å². The molecule has 4 heteroatoms. The summed E-state index contributed by atoms with van der Waals surface area (Å²) in [6.45, 7) is 6.92. The first kappa shape index (κ1) is 11.1. The predicted molar refractivity (Wildman–Crippen MR) is 67.9 cm³/mol. The van der Waals surface area contributed by atoms with Crippen LogP contribution in [0, 0.1) is 20.8 Å². The van der Waals surface area contributed by atoms with Crippen molar-refractivity contribution in [3.05, 3.63) is 39.3 Å². The Kier molecular flexibility index (Phi) is 3.19. The van der Waals surface area contributed by atoms with Crippen LogP contribution in [-0.4, -0.2) is 10.2 Å². The average Bonchev–Trinajstić information content (AvgIpc) is 2.66. The van der Waals surface area contributed by atoms with Crippen LogP contribution in [0.2, 0.25) is 0 Å². The normalized spacial score (nSPS) is 10.4. The fourth-order valence-corrected chi connectivity index (χ4v) is 2.15. The molecular formula is C12H15N3S. The molecular weight excluding hydrogens is 218 g/mol. The molecule has 0 aliphatic heterocycles. The van der Waals surface area contributed by atoms with E-state index in [9.17, 15) is 0 Å². The van der Waals surface area contributed by atoms with Gasteiger partial charge in [-0.1, -0.05) is 23.5 Å². The smallest absolute Gasteiger partial charge is 0.136 e. The van der Waals surface area contributed by atoms with Gasteiger partial charge in [0.25, 0.3) is 0 Å². The highest BCUT2D eigenvalue weighted by Crippen LogP contribution is 2.18. The number of hydrogen-bond donors (Lipinski definition) is 1. The number of anilines is 1. The zero-order valence-corrected chi connectivity index (χ0v) is 10.6. The number of nitrogens with zero attached hydrogens (tertiary/aromatic N) is 2. The molecule has 1 N–H and O–H groups in total. The lowest BCUT2D eigenvalue weighted by molar-refractivity contribution is 0.969. The lowest BCUT2D eigenvalue weighted by atomic mass is 10.1. The summed E-state index contributed by atoms with van der Waals surface area (Å²) in [5.74, 6) is 0. The largest absolute Gasteiger partial charge is 0.378 e. The molecule has 0 radical (unpaired) electrons. The van der Waals surface area contributed by atoms with E-state index in [4.69, 9.17) is 0 Å². The van der Waals surface area contributed by atoms with Gasteiger partial charge in [0, 0.05) is 5.69 Å². The fraction of sp³-hybridized carbons (Fsp3) is 0.333. The maximum absolute atomic E-state index is 4.09. The first-order valence-electron chi connectivity index (χ1n) is 5.25. The van der Waals surface area contributed by atoms with Crippen LogP contribution in [0.25, 0.3) is 0 Å². The van der Waals surface area contributed by atoms with Gasteiger partial charge in [0.15, 0.2) is 0 Å². The third-order valence-electron chi connectivity index (χ3n) is 2.39. The predicted octanol–water partition coefficient (Wildman–Crippen LogP) is 3.08. The second kappa shape index (κ2) is 4.61. The molecule has 0 atom stereocenters. The van der Waals surface area contributed by atoms with Crippen molar-refractivity contribution in [2.75, 3.05) is 5.32 Å². The summed E-state index contributed by atoms with van der Waals surface area (Å²) < 4.78 is 0. The van der Waals surface area contributed by atoms with Crippen molar-refractivity contribution < 1.29 is 0 Å². The maximum atomic E-state index is 4.09. The van der Waals surface area contributed by atoms with Crippen LogP contribution in [0.3, 0.4) is 0 Å². The Morgan fingerprint density at radius 2 is 2.00 bits per heavy atom. The molecule has 0 spiro atoms. The molecule has 84 valence electrons. The van der Waals surface area contributed by atoms with Crippen molar-refractivity contribution in [1.29, 1.82) is 0 Å². The molecule has 3 nitrogen and oxygen atoms in total. The first-order valence-corrected chi connectivity index (χ1v) is 6.07. The Morgan fingerprint density at radius 3 is 2.69 bits per heavy atom. The van der Waals surface area contributed by atoms with Gasteiger partial charge in [-0.25, -0.2) is 0 Å². The van der Waals surface area contributed by atoms with Crippen molar-refractivity contribution in [2.45, 2.75) is 27.3 Å². The first-order chi connectivity index (χ1) is 7.65. The van der Waals surface area contributed by atoms with Crippen molar-refractivity contribution in [3.63, 3.8) is 0 Å². The molecule has 1 heterocycles. The molecule has 16 heavy (non-hydrogen) atoms. The Morgan fingerprint density at radius 1 is 1.19 bits per heavy atom. The van der Waals surface area contributed by atoms with E-state index in [0.717, 1.165) is 16.6 Å². The molecule has 1 aromatic carbocycles. The van der Waals surface area contributed by atoms with Crippen molar-refractivity contribution in [1.82, 2.24) is 10.2 Å². The maximum Gasteiger partial charge on any atom is 0.136 e. The summed E-state index contributed by atoms with van der Waals surface area (Å²) >= 11 is 1.63. The fourth-order valence-electron chi connectivity index (χ4n) is 1.51. The highest BCUT2D eigenvalue weighted by Gasteiger charge is 2.02. The SMILES string of the molecule is Cc1ccc(C)c(NCc2nnc(C)s2)c1. The third-order valence-corrected chi connectivity index (χ3v) is 3.23. The van der Waals surface area contributed by atoms with Gasteiger partial charge in [-0.2, -0.15) is 0 Å². The lowest BCUT2D eigenvalue weighted by Gasteiger charge is -2.08. The minimum absolute atomic E-state index is 0.746. The van der Waals surface area contributed by atoms with Crippen LogP contribution in [0.1, 0.15) is 21.1 Å². The van der Waals surface area contributed by atoms with Crippen molar-refractivity contribution in [3.8, 4) is 0 Å². The zero-order chi connectivity index (χ0) is 11.5. The van der Waals surface area contributed by atoms with E-state index in [1.165, 1.54) is 16.8 Å². The number of aromatic nitrogens is 2. The van der Waals surface area contributed by atoms with Gasteiger partial charge >= 0.3 is 0 Å². The number of aryl methyl sites for hydroxylation is 3. The van der Waals surface area contributed by atoms with Crippen molar-refractivity contribution >= 4 is 17.0 Å². The highest BCUT2D eigenvalue weighted by molar-refractivity contribution is 7.11. The van der Waals surface area contributed by atoms with Gasteiger partial charge in [-0.3, -0.25) is 0 Å². The molecule has 2 aromatic rings. The minimum Gasteiger partial charge on any atom is -0.378 e. The second-order valence-corrected chi connectivity index (χ2v) is 5.15. The van der Waals surface area contributed by atoms with E-state index >= 15 is 0 Å². The van der Waals surface area contributed by atoms with E-state index in [1.807, 2.05) is 6.92 Å². The molecule has 0 bridgehead atoms. The van der Waals surface area contributed by atoms with Gasteiger partial charge in [0.05, 0.1) is 6.54 Å². The van der Waals surface area contributed by atoms with Gasteiger partial charge in [-0.15, -0.1) is 10.2 Å². The van der Waals surface area contributed by atoms with Gasteiger partial charge in [0.2, 0.25) is 0 Å². The quantitative estimate of drug-likeness (QED) is 0.885. The Hall–Kier alpha value is -1.42. The van der Waals surface area contributed by atoms with E-state index in [0.29, 0.717) is 0 Å². The summed E-state index contributed by atoms with van der Waals surface area (Å²) in [6.07, 6.45) is 0. The number of rotatable bonds is 3. The number of hydrogen-bond acceptors (Lipinski definition) is 4. The van der Waals surface area contributed by atoms with E-state index in [1.54, 1.807) is 11.3 Å². The van der Waals surface area contributed by atoms with Crippen LogP contribution in [0.4, 0.5) is 5.69 Å². The van der Waals surface area contributed by atoms with E-state index in [2.05, 4.69) is 47.6 Å². The Balaban J connectivity index is 2.07. The van der Waals surface area contributed by atoms with Crippen molar-refractivity contribution in [2.24, 2.45) is 0 Å².